The minimum atomic E-state index is -4.47. The number of carbonyl (C=O) groups is 1. The Bertz CT molecular complexity index is 1200. The molecule has 0 radical (unpaired) electrons. The number of alkyl halides is 3. The number of amides is 1. The van der Waals surface area contributed by atoms with Gasteiger partial charge >= 0.3 is 11.9 Å². The first kappa shape index (κ1) is 22.3. The fraction of sp³-hybridized carbons (Fsp3) is 0.318. The zero-order chi connectivity index (χ0) is 22.6. The van der Waals surface area contributed by atoms with Crippen LogP contribution in [-0.2, 0) is 24.1 Å². The molecule has 31 heavy (non-hydrogen) atoms. The van der Waals surface area contributed by atoms with Crippen molar-refractivity contribution in [3.8, 4) is 0 Å². The van der Waals surface area contributed by atoms with Gasteiger partial charge in [-0.2, -0.15) is 13.2 Å². The summed E-state index contributed by atoms with van der Waals surface area (Å²) in [5.41, 5.74) is -1.33. The van der Waals surface area contributed by atoms with E-state index >= 15 is 0 Å². The number of anilines is 1. The van der Waals surface area contributed by atoms with Gasteiger partial charge in [0.05, 0.1) is 16.5 Å². The average molecular weight is 433 g/mol. The fourth-order valence-corrected chi connectivity index (χ4v) is 3.33. The van der Waals surface area contributed by atoms with Gasteiger partial charge in [-0.05, 0) is 42.8 Å². The number of halogens is 3. The molecular weight excluding hydrogens is 411 g/mol. The topological polar surface area (TPSA) is 73.1 Å². The van der Waals surface area contributed by atoms with Crippen molar-refractivity contribution in [2.45, 2.75) is 45.5 Å². The predicted octanol–water partition coefficient (Wildman–Crippen LogP) is 4.01. The third-order valence-corrected chi connectivity index (χ3v) is 4.92. The molecule has 1 heterocycles. The first-order valence-corrected chi connectivity index (χ1v) is 9.92. The number of fused-ring (bicyclic) bond motifs is 1. The van der Waals surface area contributed by atoms with Crippen molar-refractivity contribution in [1.82, 2.24) is 9.13 Å². The summed E-state index contributed by atoms with van der Waals surface area (Å²) in [5, 5.41) is 2.81. The van der Waals surface area contributed by atoms with Gasteiger partial charge in [0.15, 0.2) is 0 Å². The number of benzene rings is 2. The van der Waals surface area contributed by atoms with Gasteiger partial charge in [-0.1, -0.05) is 31.9 Å². The molecule has 0 bridgehead atoms. The zero-order valence-electron chi connectivity index (χ0n) is 16.9. The monoisotopic (exact) mass is 433 g/mol. The molecule has 0 saturated heterocycles. The van der Waals surface area contributed by atoms with E-state index in [1.54, 1.807) is 24.3 Å². The fourth-order valence-electron chi connectivity index (χ4n) is 3.33. The lowest BCUT2D eigenvalue weighted by Gasteiger charge is -2.14. The third kappa shape index (κ3) is 5.04. The van der Waals surface area contributed by atoms with E-state index in [1.165, 1.54) is 4.57 Å². The smallest absolute Gasteiger partial charge is 0.325 e. The minimum absolute atomic E-state index is 0.173. The number of nitrogens with zero attached hydrogens (tertiary/aromatic N) is 2. The van der Waals surface area contributed by atoms with Gasteiger partial charge in [-0.3, -0.25) is 18.7 Å². The van der Waals surface area contributed by atoms with E-state index in [-0.39, 0.29) is 18.8 Å². The van der Waals surface area contributed by atoms with Crippen LogP contribution in [0.1, 0.15) is 31.7 Å². The summed E-state index contributed by atoms with van der Waals surface area (Å²) in [7, 11) is 0. The maximum absolute atomic E-state index is 13.0. The molecule has 0 aliphatic carbocycles. The highest BCUT2D eigenvalue weighted by molar-refractivity contribution is 5.91. The Morgan fingerprint density at radius 2 is 1.65 bits per heavy atom. The van der Waals surface area contributed by atoms with Crippen LogP contribution in [0.25, 0.3) is 10.9 Å². The highest BCUT2D eigenvalue weighted by Crippen LogP contribution is 2.29. The molecule has 0 unspecified atom stereocenters. The van der Waals surface area contributed by atoms with Crippen LogP contribution in [0.4, 0.5) is 18.9 Å². The van der Waals surface area contributed by atoms with Crippen molar-refractivity contribution in [1.29, 1.82) is 0 Å². The highest BCUT2D eigenvalue weighted by atomic mass is 19.4. The molecule has 1 N–H and O–H groups in total. The van der Waals surface area contributed by atoms with Crippen LogP contribution < -0.4 is 16.6 Å². The summed E-state index contributed by atoms with van der Waals surface area (Å²) in [5.74, 6) is -0.592. The Hall–Kier alpha value is -3.36. The maximum Gasteiger partial charge on any atom is 0.416 e. The molecule has 3 rings (SSSR count). The second-order valence-electron chi connectivity index (χ2n) is 7.17. The van der Waals surface area contributed by atoms with E-state index in [4.69, 9.17) is 0 Å². The van der Waals surface area contributed by atoms with E-state index in [2.05, 4.69) is 5.32 Å². The Morgan fingerprint density at radius 1 is 0.968 bits per heavy atom. The van der Waals surface area contributed by atoms with Crippen LogP contribution in [0.2, 0.25) is 0 Å². The van der Waals surface area contributed by atoms with Crippen molar-refractivity contribution in [2.24, 2.45) is 0 Å². The minimum Gasteiger partial charge on any atom is -0.325 e. The molecule has 0 fully saturated rings. The Labute approximate surface area is 175 Å². The number of carbonyl (C=O) groups excluding carboxylic acids is 1. The molecule has 2 aromatic carbocycles. The first-order chi connectivity index (χ1) is 14.7. The standard InChI is InChI=1S/C22H22F3N3O3/c1-2-3-6-13-27-20(30)17-7-4-5-8-18(17)28(21(27)31)14-19(29)26-16-11-9-15(10-12-16)22(23,24)25/h4-5,7-12H,2-3,6,13-14H2,1H3,(H,26,29). The van der Waals surface area contributed by atoms with Gasteiger partial charge in [0.2, 0.25) is 5.91 Å². The number of hydrogen-bond acceptors (Lipinski definition) is 3. The number of hydrogen-bond donors (Lipinski definition) is 1. The van der Waals surface area contributed by atoms with Gasteiger partial charge in [-0.15, -0.1) is 0 Å². The van der Waals surface area contributed by atoms with Crippen molar-refractivity contribution in [3.05, 3.63) is 74.9 Å². The van der Waals surface area contributed by atoms with E-state index in [1.807, 2.05) is 6.92 Å². The van der Waals surface area contributed by atoms with Crippen molar-refractivity contribution in [3.63, 3.8) is 0 Å². The molecule has 0 atom stereocenters. The largest absolute Gasteiger partial charge is 0.416 e. The van der Waals surface area contributed by atoms with E-state index in [0.29, 0.717) is 17.3 Å². The lowest BCUT2D eigenvalue weighted by Crippen LogP contribution is -2.41. The van der Waals surface area contributed by atoms with Crippen molar-refractivity contribution >= 4 is 22.5 Å². The summed E-state index contributed by atoms with van der Waals surface area (Å²) >= 11 is 0. The normalized spacial score (nSPS) is 11.6. The molecule has 1 amide bonds. The zero-order valence-corrected chi connectivity index (χ0v) is 16.9. The lowest BCUT2D eigenvalue weighted by atomic mass is 10.2. The van der Waals surface area contributed by atoms with Gasteiger partial charge in [0.25, 0.3) is 5.56 Å². The number of aromatic nitrogens is 2. The van der Waals surface area contributed by atoms with Crippen LogP contribution in [0.15, 0.2) is 58.1 Å². The quantitative estimate of drug-likeness (QED) is 0.573. The summed E-state index contributed by atoms with van der Waals surface area (Å²) in [6.07, 6.45) is -2.04. The Morgan fingerprint density at radius 3 is 2.29 bits per heavy atom. The molecule has 6 nitrogen and oxygen atoms in total. The summed E-state index contributed by atoms with van der Waals surface area (Å²) in [6.45, 7) is 1.87. The summed E-state index contributed by atoms with van der Waals surface area (Å²) in [4.78, 5) is 38.2. The lowest BCUT2D eigenvalue weighted by molar-refractivity contribution is -0.137. The molecule has 0 saturated carbocycles. The molecule has 164 valence electrons. The highest BCUT2D eigenvalue weighted by Gasteiger charge is 2.30. The molecule has 0 aliphatic rings. The van der Waals surface area contributed by atoms with E-state index in [0.717, 1.165) is 41.7 Å². The van der Waals surface area contributed by atoms with Crippen molar-refractivity contribution < 1.29 is 18.0 Å². The van der Waals surface area contributed by atoms with E-state index < -0.39 is 28.9 Å². The number of unbranched alkanes of at least 4 members (excludes halogenated alkanes) is 2. The van der Waals surface area contributed by atoms with Crippen LogP contribution in [0.5, 0.6) is 0 Å². The SMILES string of the molecule is CCCCCn1c(=O)c2ccccc2n(CC(=O)Nc2ccc(C(F)(F)F)cc2)c1=O. The molecule has 1 aromatic heterocycles. The second-order valence-corrected chi connectivity index (χ2v) is 7.17. The van der Waals surface area contributed by atoms with Gasteiger partial charge < -0.3 is 5.32 Å². The third-order valence-electron chi connectivity index (χ3n) is 4.92. The molecular formula is C22H22F3N3O3. The van der Waals surface area contributed by atoms with Crippen LogP contribution in [0.3, 0.4) is 0 Å². The van der Waals surface area contributed by atoms with Gasteiger partial charge in [0, 0.05) is 12.2 Å². The number of nitrogens with one attached hydrogen (secondary N) is 1. The average Bonchev–Trinajstić information content (AvgIpc) is 2.73. The Kier molecular flexibility index (Phi) is 6.62. The molecule has 3 aromatic rings. The Balaban J connectivity index is 1.90. The summed E-state index contributed by atoms with van der Waals surface area (Å²) in [6, 6.07) is 10.5. The molecule has 9 heteroatoms. The van der Waals surface area contributed by atoms with Gasteiger partial charge in [-0.25, -0.2) is 4.79 Å². The van der Waals surface area contributed by atoms with Crippen LogP contribution in [0, 0.1) is 0 Å². The van der Waals surface area contributed by atoms with Crippen molar-refractivity contribution in [2.75, 3.05) is 5.32 Å². The molecule has 0 aliphatic heterocycles. The second kappa shape index (κ2) is 9.20. The molecule has 0 spiro atoms. The predicted molar refractivity (Wildman–Crippen MR) is 112 cm³/mol. The number of para-hydroxylation sites is 1. The maximum atomic E-state index is 13.0. The van der Waals surface area contributed by atoms with Crippen LogP contribution in [-0.4, -0.2) is 15.0 Å². The first-order valence-electron chi connectivity index (χ1n) is 9.92. The summed E-state index contributed by atoms with van der Waals surface area (Å²) < 4.78 is 40.4. The number of rotatable bonds is 7. The van der Waals surface area contributed by atoms with E-state index in [9.17, 15) is 27.6 Å². The van der Waals surface area contributed by atoms with Crippen LogP contribution >= 0.6 is 0 Å². The van der Waals surface area contributed by atoms with Gasteiger partial charge in [0.1, 0.15) is 6.54 Å².